The number of benzene rings is 1. The molecular weight excluding hydrogens is 262 g/mol. The number of aromatic nitrogens is 2. The zero-order valence-corrected chi connectivity index (χ0v) is 12.0. The van der Waals surface area contributed by atoms with Crippen LogP contribution in [-0.4, -0.2) is 27.0 Å². The van der Waals surface area contributed by atoms with Crippen LogP contribution in [-0.2, 0) is 13.1 Å². The number of furan rings is 1. The fourth-order valence-electron chi connectivity index (χ4n) is 3.32. The summed E-state index contributed by atoms with van der Waals surface area (Å²) in [6.45, 7) is 3.16. The van der Waals surface area contributed by atoms with Crippen LogP contribution < -0.4 is 0 Å². The fraction of sp³-hybridized carbons (Fsp3) is 0.353. The SMILES string of the molecule is c1ccc2c(CN3CCCC3Cn3ccnc3)coc2c1. The number of fused-ring (bicyclic) bond motifs is 1. The second-order valence-corrected chi connectivity index (χ2v) is 5.78. The molecule has 1 aromatic carbocycles. The number of likely N-dealkylation sites (tertiary alicyclic amines) is 1. The van der Waals surface area contributed by atoms with Crippen molar-refractivity contribution < 1.29 is 4.42 Å². The first kappa shape index (κ1) is 12.7. The third-order valence-corrected chi connectivity index (χ3v) is 4.41. The molecule has 1 unspecified atom stereocenters. The highest BCUT2D eigenvalue weighted by atomic mass is 16.3. The van der Waals surface area contributed by atoms with Gasteiger partial charge in [-0.05, 0) is 25.5 Å². The van der Waals surface area contributed by atoms with E-state index in [-0.39, 0.29) is 0 Å². The number of nitrogens with zero attached hydrogens (tertiary/aromatic N) is 3. The van der Waals surface area contributed by atoms with Gasteiger partial charge in [0.2, 0.25) is 0 Å². The maximum absolute atomic E-state index is 5.66. The third-order valence-electron chi connectivity index (χ3n) is 4.41. The van der Waals surface area contributed by atoms with Crippen LogP contribution in [0.15, 0.2) is 53.7 Å². The Bertz CT molecular complexity index is 717. The number of hydrogen-bond acceptors (Lipinski definition) is 3. The lowest BCUT2D eigenvalue weighted by Crippen LogP contribution is -2.32. The van der Waals surface area contributed by atoms with Gasteiger partial charge in [0, 0.05) is 42.5 Å². The molecule has 21 heavy (non-hydrogen) atoms. The molecular formula is C17H19N3O. The molecule has 4 nitrogen and oxygen atoms in total. The lowest BCUT2D eigenvalue weighted by Gasteiger charge is -2.24. The summed E-state index contributed by atoms with van der Waals surface area (Å²) in [5.41, 5.74) is 2.28. The normalized spacial score (nSPS) is 19.5. The molecule has 0 amide bonds. The van der Waals surface area contributed by atoms with E-state index in [0.29, 0.717) is 6.04 Å². The Morgan fingerprint density at radius 1 is 1.29 bits per heavy atom. The smallest absolute Gasteiger partial charge is 0.134 e. The third kappa shape index (κ3) is 2.47. The summed E-state index contributed by atoms with van der Waals surface area (Å²) in [5.74, 6) is 0. The van der Waals surface area contributed by atoms with Gasteiger partial charge in [0.05, 0.1) is 12.6 Å². The van der Waals surface area contributed by atoms with Crippen LogP contribution in [0.25, 0.3) is 11.0 Å². The van der Waals surface area contributed by atoms with E-state index in [9.17, 15) is 0 Å². The Morgan fingerprint density at radius 2 is 2.24 bits per heavy atom. The lowest BCUT2D eigenvalue weighted by atomic mass is 10.1. The quantitative estimate of drug-likeness (QED) is 0.736. The Balaban J connectivity index is 1.53. The van der Waals surface area contributed by atoms with Crippen molar-refractivity contribution in [3.05, 3.63) is 54.8 Å². The van der Waals surface area contributed by atoms with E-state index in [1.807, 2.05) is 37.1 Å². The van der Waals surface area contributed by atoms with E-state index in [1.54, 1.807) is 0 Å². The van der Waals surface area contributed by atoms with Crippen LogP contribution in [0.5, 0.6) is 0 Å². The van der Waals surface area contributed by atoms with Gasteiger partial charge in [-0.25, -0.2) is 4.98 Å². The highest BCUT2D eigenvalue weighted by Crippen LogP contribution is 2.26. The molecule has 0 bridgehead atoms. The number of rotatable bonds is 4. The van der Waals surface area contributed by atoms with Gasteiger partial charge in [0.1, 0.15) is 5.58 Å². The Hall–Kier alpha value is -2.07. The first-order valence-electron chi connectivity index (χ1n) is 7.55. The summed E-state index contributed by atoms with van der Waals surface area (Å²) < 4.78 is 7.84. The highest BCUT2D eigenvalue weighted by Gasteiger charge is 2.25. The van der Waals surface area contributed by atoms with Crippen LogP contribution >= 0.6 is 0 Å². The maximum Gasteiger partial charge on any atom is 0.134 e. The van der Waals surface area contributed by atoms with Gasteiger partial charge < -0.3 is 8.98 Å². The van der Waals surface area contributed by atoms with Crippen LogP contribution in [0, 0.1) is 0 Å². The topological polar surface area (TPSA) is 34.2 Å². The van der Waals surface area contributed by atoms with E-state index in [2.05, 4.69) is 26.6 Å². The molecule has 0 aliphatic carbocycles. The summed E-state index contributed by atoms with van der Waals surface area (Å²) in [4.78, 5) is 6.70. The molecule has 1 aliphatic rings. The predicted octanol–water partition coefficient (Wildman–Crippen LogP) is 3.29. The van der Waals surface area contributed by atoms with Gasteiger partial charge in [-0.15, -0.1) is 0 Å². The van der Waals surface area contributed by atoms with Gasteiger partial charge in [-0.1, -0.05) is 18.2 Å². The fourth-order valence-corrected chi connectivity index (χ4v) is 3.32. The Morgan fingerprint density at radius 3 is 3.14 bits per heavy atom. The zero-order valence-electron chi connectivity index (χ0n) is 12.0. The molecule has 2 aromatic heterocycles. The molecule has 4 rings (SSSR count). The predicted molar refractivity (Wildman–Crippen MR) is 81.9 cm³/mol. The molecule has 108 valence electrons. The standard InChI is InChI=1S/C17H19N3O/c1-2-6-17-16(5-1)14(12-21-17)10-20-8-3-4-15(20)11-19-9-7-18-13-19/h1-2,5-7,9,12-13,15H,3-4,8,10-11H2. The van der Waals surface area contributed by atoms with E-state index < -0.39 is 0 Å². The second-order valence-electron chi connectivity index (χ2n) is 5.78. The Labute approximate surface area is 124 Å². The first-order chi connectivity index (χ1) is 10.4. The minimum Gasteiger partial charge on any atom is -0.464 e. The van der Waals surface area contributed by atoms with E-state index in [4.69, 9.17) is 4.42 Å². The molecule has 3 heterocycles. The number of para-hydroxylation sites is 1. The molecule has 4 heteroatoms. The minimum atomic E-state index is 0.591. The first-order valence-corrected chi connectivity index (χ1v) is 7.55. The van der Waals surface area contributed by atoms with Crippen molar-refractivity contribution >= 4 is 11.0 Å². The largest absolute Gasteiger partial charge is 0.464 e. The van der Waals surface area contributed by atoms with Gasteiger partial charge in [-0.2, -0.15) is 0 Å². The number of imidazole rings is 1. The average Bonchev–Trinajstić information content (AvgIpc) is 3.23. The van der Waals surface area contributed by atoms with Crippen molar-refractivity contribution in [2.45, 2.75) is 32.0 Å². The van der Waals surface area contributed by atoms with E-state index in [1.165, 1.54) is 30.3 Å². The highest BCUT2D eigenvalue weighted by molar-refractivity contribution is 5.80. The van der Waals surface area contributed by atoms with Gasteiger partial charge in [-0.3, -0.25) is 4.90 Å². The van der Waals surface area contributed by atoms with Crippen LogP contribution in [0.2, 0.25) is 0 Å². The van der Waals surface area contributed by atoms with Gasteiger partial charge >= 0.3 is 0 Å². The molecule has 0 N–H and O–H groups in total. The summed E-state index contributed by atoms with van der Waals surface area (Å²) in [7, 11) is 0. The summed E-state index contributed by atoms with van der Waals surface area (Å²) >= 11 is 0. The van der Waals surface area contributed by atoms with Crippen molar-refractivity contribution in [1.82, 2.24) is 14.5 Å². The molecule has 1 aliphatic heterocycles. The molecule has 0 radical (unpaired) electrons. The van der Waals surface area contributed by atoms with Crippen molar-refractivity contribution in [3.63, 3.8) is 0 Å². The molecule has 0 spiro atoms. The lowest BCUT2D eigenvalue weighted by molar-refractivity contribution is 0.224. The van der Waals surface area contributed by atoms with Crippen molar-refractivity contribution in [2.75, 3.05) is 6.54 Å². The molecule has 1 fully saturated rings. The Kier molecular flexibility index (Phi) is 3.24. The zero-order chi connectivity index (χ0) is 14.1. The second kappa shape index (κ2) is 5.37. The monoisotopic (exact) mass is 281 g/mol. The van der Waals surface area contributed by atoms with Crippen LogP contribution in [0.1, 0.15) is 18.4 Å². The van der Waals surface area contributed by atoms with Crippen molar-refractivity contribution in [2.24, 2.45) is 0 Å². The molecule has 0 saturated carbocycles. The molecule has 3 aromatic rings. The van der Waals surface area contributed by atoms with Gasteiger partial charge in [0.15, 0.2) is 0 Å². The van der Waals surface area contributed by atoms with Gasteiger partial charge in [0.25, 0.3) is 0 Å². The van der Waals surface area contributed by atoms with Crippen LogP contribution in [0.4, 0.5) is 0 Å². The minimum absolute atomic E-state index is 0.591. The molecule has 1 atom stereocenters. The van der Waals surface area contributed by atoms with Crippen LogP contribution in [0.3, 0.4) is 0 Å². The maximum atomic E-state index is 5.66. The number of hydrogen-bond donors (Lipinski definition) is 0. The van der Waals surface area contributed by atoms with Crippen molar-refractivity contribution in [1.29, 1.82) is 0 Å². The van der Waals surface area contributed by atoms with Crippen molar-refractivity contribution in [3.8, 4) is 0 Å². The summed E-state index contributed by atoms with van der Waals surface area (Å²) in [5, 5.41) is 1.24. The average molecular weight is 281 g/mol. The molecule has 1 saturated heterocycles. The summed E-state index contributed by atoms with van der Waals surface area (Å²) in [6.07, 6.45) is 10.2. The van der Waals surface area contributed by atoms with E-state index >= 15 is 0 Å². The summed E-state index contributed by atoms with van der Waals surface area (Å²) in [6, 6.07) is 8.87. The van der Waals surface area contributed by atoms with E-state index in [0.717, 1.165) is 18.7 Å².